The van der Waals surface area contributed by atoms with E-state index in [0.29, 0.717) is 38.5 Å². The molecule has 8 N–H and O–H groups in total. The molecule has 0 spiro atoms. The molecule has 0 aromatic carbocycles. The molecule has 318 valence electrons. The fraction of sp³-hybridized carbons (Fsp3) is 0.718. The molecule has 10 atom stereocenters. The number of carboxylic acid groups (broad SMARTS) is 4. The van der Waals surface area contributed by atoms with E-state index in [1.54, 1.807) is 37.6 Å². The maximum Gasteiger partial charge on any atom is 0.307 e. The molecule has 1 aromatic heterocycles. The minimum Gasteiger partial charge on any atom is -0.503 e. The second kappa shape index (κ2) is 25.7. The van der Waals surface area contributed by atoms with Crippen LogP contribution >= 0.6 is 0 Å². The van der Waals surface area contributed by atoms with Crippen LogP contribution in [0, 0.1) is 23.7 Å². The lowest BCUT2D eigenvalue weighted by atomic mass is 9.87. The van der Waals surface area contributed by atoms with Crippen molar-refractivity contribution in [1.82, 2.24) is 0 Å². The van der Waals surface area contributed by atoms with Gasteiger partial charge < -0.3 is 50.3 Å². The van der Waals surface area contributed by atoms with E-state index in [2.05, 4.69) is 0 Å². The van der Waals surface area contributed by atoms with Gasteiger partial charge in [-0.1, -0.05) is 46.5 Å². The van der Waals surface area contributed by atoms with Gasteiger partial charge in [0.1, 0.15) is 18.3 Å². The van der Waals surface area contributed by atoms with E-state index in [4.69, 9.17) is 19.7 Å². The molecule has 0 aliphatic carbocycles. The average molecular weight is 801 g/mol. The average Bonchev–Trinajstić information content (AvgIpc) is 3.09. The molecule has 0 fully saturated rings. The van der Waals surface area contributed by atoms with E-state index in [1.165, 1.54) is 12.3 Å². The first-order valence-electron chi connectivity index (χ1n) is 19.3. The Morgan fingerprint density at radius 3 is 1.70 bits per heavy atom. The Kier molecular flexibility index (Phi) is 22.8. The number of ether oxygens (including phenoxy) is 2. The molecule has 17 heteroatoms. The van der Waals surface area contributed by atoms with E-state index < -0.39 is 116 Å². The van der Waals surface area contributed by atoms with Gasteiger partial charge in [-0.05, 0) is 50.0 Å². The number of aromatic nitrogens is 1. The van der Waals surface area contributed by atoms with Crippen molar-refractivity contribution in [3.05, 3.63) is 24.5 Å². The summed E-state index contributed by atoms with van der Waals surface area (Å²) in [5.74, 6) is -12.0. The third-order valence-electron chi connectivity index (χ3n) is 9.84. The highest BCUT2D eigenvalue weighted by Crippen LogP contribution is 2.29. The minimum absolute atomic E-state index is 0.0113. The number of unbranched alkanes of at least 4 members (excludes halogenated alkanes) is 2. The quantitative estimate of drug-likeness (QED) is 0.0314. The fourth-order valence-corrected chi connectivity index (χ4v) is 6.59. The number of pyridine rings is 1. The van der Waals surface area contributed by atoms with Crippen molar-refractivity contribution < 1.29 is 83.7 Å². The second-order valence-corrected chi connectivity index (χ2v) is 15.0. The highest BCUT2D eigenvalue weighted by atomic mass is 16.6. The molecular weight excluding hydrogens is 738 g/mol. The monoisotopic (exact) mass is 800 g/mol. The molecule has 0 saturated heterocycles. The number of carboxylic acids is 4. The van der Waals surface area contributed by atoms with Gasteiger partial charge in [-0.3, -0.25) is 28.8 Å². The van der Waals surface area contributed by atoms with Gasteiger partial charge >= 0.3 is 35.8 Å². The maximum atomic E-state index is 13.1. The summed E-state index contributed by atoms with van der Waals surface area (Å²) in [4.78, 5) is 72.0. The minimum atomic E-state index is -1.60. The van der Waals surface area contributed by atoms with Gasteiger partial charge in [0, 0.05) is 19.4 Å². The van der Waals surface area contributed by atoms with Gasteiger partial charge in [0.05, 0.1) is 49.7 Å². The lowest BCUT2D eigenvalue weighted by Gasteiger charge is -2.33. The van der Waals surface area contributed by atoms with Gasteiger partial charge in [-0.2, -0.15) is 4.57 Å². The van der Waals surface area contributed by atoms with Crippen molar-refractivity contribution in [3.63, 3.8) is 0 Å². The van der Waals surface area contributed by atoms with Crippen molar-refractivity contribution in [2.75, 3.05) is 0 Å². The zero-order valence-electron chi connectivity index (χ0n) is 32.8. The van der Waals surface area contributed by atoms with Crippen LogP contribution < -0.4 is 4.57 Å². The molecule has 1 heterocycles. The Balaban J connectivity index is 3.05. The maximum absolute atomic E-state index is 13.1. The van der Waals surface area contributed by atoms with Crippen LogP contribution in [0.1, 0.15) is 124 Å². The standard InChI is InChI=1S/C39H61NO16/c1-5-6-10-24(3)37(56-36(50)20-27(39(53)54)18-34(47)48)32(55-35(49)19-26(38(51)52)17-33(45)46)16-23(2)15-28(41)11-7-8-12-29(42)21-31(44)25(4)40-14-9-13-30(43)22-40/h9,13-14,22-29,31-32,37,41-42,44H,5-8,10-12,15-21H2,1-4H3,(H4-,43,45,46,47,48,51,52,53,54)/p+1/t23-,24+,25-,26+,27+,28+,29+,31-,32-,37+/m0/s1. The number of carbonyl (C=O) groups excluding carboxylic acids is 2. The smallest absolute Gasteiger partial charge is 0.307 e. The van der Waals surface area contributed by atoms with Crippen molar-refractivity contribution in [1.29, 1.82) is 0 Å². The number of carbonyl (C=O) groups is 6. The summed E-state index contributed by atoms with van der Waals surface area (Å²) in [7, 11) is 0. The van der Waals surface area contributed by atoms with Crippen LogP contribution in [0.15, 0.2) is 24.5 Å². The number of nitrogens with zero attached hydrogens (tertiary/aromatic N) is 1. The Bertz CT molecular complexity index is 1400. The molecule has 0 unspecified atom stereocenters. The van der Waals surface area contributed by atoms with Crippen LogP contribution in [0.3, 0.4) is 0 Å². The second-order valence-electron chi connectivity index (χ2n) is 15.0. The number of esters is 2. The van der Waals surface area contributed by atoms with E-state index in [0.717, 1.165) is 6.42 Å². The molecule has 56 heavy (non-hydrogen) atoms. The first-order valence-corrected chi connectivity index (χ1v) is 19.3. The van der Waals surface area contributed by atoms with Crippen LogP contribution in [-0.2, 0) is 38.2 Å². The molecule has 0 aliphatic heterocycles. The lowest BCUT2D eigenvalue weighted by molar-refractivity contribution is -0.727. The summed E-state index contributed by atoms with van der Waals surface area (Å²) >= 11 is 0. The van der Waals surface area contributed by atoms with Crippen LogP contribution in [0.4, 0.5) is 0 Å². The number of rotatable bonds is 30. The topological polar surface area (TPSA) is 287 Å². The summed E-state index contributed by atoms with van der Waals surface area (Å²) in [6.07, 6.45) is -0.991. The molecule has 0 radical (unpaired) electrons. The number of aliphatic hydroxyl groups is 3. The lowest BCUT2D eigenvalue weighted by Crippen LogP contribution is -2.44. The van der Waals surface area contributed by atoms with Gasteiger partial charge in [-0.15, -0.1) is 0 Å². The molecule has 17 nitrogen and oxygen atoms in total. The number of hydrogen-bond acceptors (Lipinski definition) is 12. The summed E-state index contributed by atoms with van der Waals surface area (Å²) in [6, 6.07) is 2.75. The predicted molar refractivity (Wildman–Crippen MR) is 197 cm³/mol. The number of aromatic hydroxyl groups is 1. The van der Waals surface area contributed by atoms with Crippen LogP contribution in [0.25, 0.3) is 0 Å². The van der Waals surface area contributed by atoms with Crippen molar-refractivity contribution >= 4 is 35.8 Å². The molecule has 0 bridgehead atoms. The van der Waals surface area contributed by atoms with Crippen molar-refractivity contribution in [3.8, 4) is 5.75 Å². The number of aliphatic hydroxyl groups excluding tert-OH is 3. The van der Waals surface area contributed by atoms with Crippen molar-refractivity contribution in [2.45, 2.75) is 154 Å². The van der Waals surface area contributed by atoms with Crippen LogP contribution in [0.5, 0.6) is 5.75 Å². The molecule has 0 aliphatic rings. The van der Waals surface area contributed by atoms with Gasteiger partial charge in [-0.25, -0.2) is 0 Å². The Labute approximate surface area is 327 Å². The zero-order valence-corrected chi connectivity index (χ0v) is 32.8. The highest BCUT2D eigenvalue weighted by molar-refractivity contribution is 5.83. The number of hydrogen-bond donors (Lipinski definition) is 8. The molecule has 0 saturated carbocycles. The molecule has 1 rings (SSSR count). The summed E-state index contributed by atoms with van der Waals surface area (Å²) in [5, 5.41) is 79.0. The third-order valence-corrected chi connectivity index (χ3v) is 9.84. The fourth-order valence-electron chi connectivity index (χ4n) is 6.59. The third kappa shape index (κ3) is 20.0. The molecular formula is C39H62NO16+. The summed E-state index contributed by atoms with van der Waals surface area (Å²) < 4.78 is 13.1. The summed E-state index contributed by atoms with van der Waals surface area (Å²) in [5.41, 5.74) is 0. The SMILES string of the molecule is CCCC[C@@H](C)[C@@H](OC(=O)C[C@@H](CC(=O)O)C(=O)O)[C@H](C[C@@H](C)C[C@H](O)CCCC[C@@H](O)C[C@H](O)[C@H](C)[n+]1cccc(O)c1)OC(=O)C[C@@H](CC(=O)O)C(=O)O. The normalized spacial score (nSPS) is 16.8. The van der Waals surface area contributed by atoms with E-state index in [-0.39, 0.29) is 30.9 Å². The van der Waals surface area contributed by atoms with Crippen LogP contribution in [0.2, 0.25) is 0 Å². The highest BCUT2D eigenvalue weighted by Gasteiger charge is 2.37. The zero-order chi connectivity index (χ0) is 42.5. The van der Waals surface area contributed by atoms with Crippen molar-refractivity contribution in [2.24, 2.45) is 23.7 Å². The largest absolute Gasteiger partial charge is 0.503 e. The first kappa shape index (κ1) is 49.7. The predicted octanol–water partition coefficient (Wildman–Crippen LogP) is 3.47. The van der Waals surface area contributed by atoms with Gasteiger partial charge in [0.2, 0.25) is 6.20 Å². The van der Waals surface area contributed by atoms with Gasteiger partial charge in [0.25, 0.3) is 0 Å². The van der Waals surface area contributed by atoms with E-state index in [1.807, 2.05) is 6.92 Å². The number of aliphatic carboxylic acids is 4. The van der Waals surface area contributed by atoms with Gasteiger partial charge in [0.15, 0.2) is 18.0 Å². The Morgan fingerprint density at radius 2 is 1.21 bits per heavy atom. The Morgan fingerprint density at radius 1 is 0.696 bits per heavy atom. The molecule has 1 aromatic rings. The Hall–Kier alpha value is -4.35. The summed E-state index contributed by atoms with van der Waals surface area (Å²) in [6.45, 7) is 7.18. The van der Waals surface area contributed by atoms with E-state index >= 15 is 0 Å². The van der Waals surface area contributed by atoms with E-state index in [9.17, 15) is 59.4 Å². The first-order chi connectivity index (χ1) is 26.2. The van der Waals surface area contributed by atoms with Crippen LogP contribution in [-0.4, -0.2) is 107 Å². The molecule has 0 amide bonds.